The number of ether oxygens (including phenoxy) is 1. The van der Waals surface area contributed by atoms with Crippen LogP contribution >= 0.6 is 0 Å². The zero-order valence-corrected chi connectivity index (χ0v) is 11.7. The van der Waals surface area contributed by atoms with Crippen LogP contribution in [-0.2, 0) is 10.2 Å². The molecular weight excluding hydrogens is 196 g/mol. The van der Waals surface area contributed by atoms with Crippen LogP contribution in [0, 0.1) is 27.7 Å². The molecule has 90 valence electrons. The van der Waals surface area contributed by atoms with Crippen LogP contribution < -0.4 is 0 Å². The van der Waals surface area contributed by atoms with Gasteiger partial charge in [-0.3, -0.25) is 0 Å². The van der Waals surface area contributed by atoms with Crippen molar-refractivity contribution >= 4 is 0 Å². The third-order valence-electron chi connectivity index (χ3n) is 3.55. The van der Waals surface area contributed by atoms with E-state index in [-0.39, 0.29) is 5.41 Å². The van der Waals surface area contributed by atoms with Crippen LogP contribution in [0.25, 0.3) is 0 Å². The Kier molecular flexibility index (Phi) is 3.80. The van der Waals surface area contributed by atoms with E-state index in [1.54, 1.807) is 7.11 Å². The predicted octanol–water partition coefficient (Wildman–Crippen LogP) is 3.84. The molecule has 0 aliphatic carbocycles. The summed E-state index contributed by atoms with van der Waals surface area (Å²) in [5.74, 6) is 0. The summed E-state index contributed by atoms with van der Waals surface area (Å²) in [6.45, 7) is 14.1. The van der Waals surface area contributed by atoms with E-state index in [2.05, 4.69) is 47.6 Å². The van der Waals surface area contributed by atoms with Crippen molar-refractivity contribution in [2.24, 2.45) is 0 Å². The van der Waals surface area contributed by atoms with Crippen LogP contribution in [0.5, 0.6) is 0 Å². The van der Waals surface area contributed by atoms with Crippen LogP contribution in [0.15, 0.2) is 6.07 Å². The van der Waals surface area contributed by atoms with Crippen molar-refractivity contribution in [1.29, 1.82) is 0 Å². The molecule has 1 aromatic carbocycles. The highest BCUT2D eigenvalue weighted by atomic mass is 16.5. The molecule has 1 heteroatoms. The van der Waals surface area contributed by atoms with Crippen molar-refractivity contribution in [2.75, 3.05) is 13.7 Å². The molecule has 0 unspecified atom stereocenters. The van der Waals surface area contributed by atoms with E-state index in [1.807, 2.05) is 0 Å². The molecule has 0 aromatic heterocycles. The Morgan fingerprint density at radius 2 is 1.44 bits per heavy atom. The third kappa shape index (κ3) is 2.30. The highest BCUT2D eigenvalue weighted by molar-refractivity contribution is 5.47. The highest BCUT2D eigenvalue weighted by Crippen LogP contribution is 2.33. The molecular formula is C15H24O. The molecule has 0 amide bonds. The number of hydrogen-bond acceptors (Lipinski definition) is 1. The van der Waals surface area contributed by atoms with Gasteiger partial charge in [-0.15, -0.1) is 0 Å². The van der Waals surface area contributed by atoms with Gasteiger partial charge in [-0.05, 0) is 55.5 Å². The van der Waals surface area contributed by atoms with Gasteiger partial charge >= 0.3 is 0 Å². The monoisotopic (exact) mass is 220 g/mol. The second-order valence-electron chi connectivity index (χ2n) is 5.45. The zero-order chi connectivity index (χ0) is 12.5. The fourth-order valence-electron chi connectivity index (χ4n) is 2.67. The van der Waals surface area contributed by atoms with E-state index in [9.17, 15) is 0 Å². The minimum atomic E-state index is 0.0830. The first-order chi connectivity index (χ1) is 7.31. The van der Waals surface area contributed by atoms with Crippen molar-refractivity contribution in [3.63, 3.8) is 0 Å². The van der Waals surface area contributed by atoms with Gasteiger partial charge in [0.2, 0.25) is 0 Å². The fraction of sp³-hybridized carbons (Fsp3) is 0.600. The molecule has 0 aliphatic rings. The van der Waals surface area contributed by atoms with Gasteiger partial charge in [0.15, 0.2) is 0 Å². The maximum Gasteiger partial charge on any atom is 0.0554 e. The third-order valence-corrected chi connectivity index (χ3v) is 3.55. The number of rotatable bonds is 3. The molecule has 16 heavy (non-hydrogen) atoms. The summed E-state index contributed by atoms with van der Waals surface area (Å²) in [7, 11) is 1.77. The summed E-state index contributed by atoms with van der Waals surface area (Å²) in [6, 6.07) is 2.27. The summed E-state index contributed by atoms with van der Waals surface area (Å²) in [5.41, 5.74) is 7.10. The molecule has 0 aliphatic heterocycles. The SMILES string of the molecule is COCC(C)(C)c1c(C)c(C)cc(C)c1C. The maximum atomic E-state index is 5.35. The molecule has 0 radical (unpaired) electrons. The van der Waals surface area contributed by atoms with Gasteiger partial charge in [-0.1, -0.05) is 19.9 Å². The van der Waals surface area contributed by atoms with Gasteiger partial charge in [-0.2, -0.15) is 0 Å². The Bertz CT molecular complexity index is 363. The van der Waals surface area contributed by atoms with Crippen LogP contribution in [-0.4, -0.2) is 13.7 Å². The molecule has 1 aromatic rings. The Morgan fingerprint density at radius 3 is 1.81 bits per heavy atom. The van der Waals surface area contributed by atoms with Crippen molar-refractivity contribution in [1.82, 2.24) is 0 Å². The molecule has 1 nitrogen and oxygen atoms in total. The topological polar surface area (TPSA) is 9.23 Å². The molecule has 1 rings (SSSR count). The first-order valence-electron chi connectivity index (χ1n) is 5.88. The molecule has 0 saturated heterocycles. The second-order valence-corrected chi connectivity index (χ2v) is 5.45. The number of methoxy groups -OCH3 is 1. The van der Waals surface area contributed by atoms with Crippen LogP contribution in [0.4, 0.5) is 0 Å². The van der Waals surface area contributed by atoms with E-state index in [1.165, 1.54) is 27.8 Å². The molecule has 0 N–H and O–H groups in total. The minimum Gasteiger partial charge on any atom is -0.384 e. The summed E-state index contributed by atoms with van der Waals surface area (Å²) in [5, 5.41) is 0. The lowest BCUT2D eigenvalue weighted by Gasteiger charge is -2.30. The summed E-state index contributed by atoms with van der Waals surface area (Å²) in [6.07, 6.45) is 0. The minimum absolute atomic E-state index is 0.0830. The van der Waals surface area contributed by atoms with E-state index in [4.69, 9.17) is 4.74 Å². The first kappa shape index (κ1) is 13.2. The Labute approximate surface area is 99.8 Å². The average Bonchev–Trinajstić information content (AvgIpc) is 2.14. The van der Waals surface area contributed by atoms with E-state index in [0.29, 0.717) is 0 Å². The van der Waals surface area contributed by atoms with E-state index < -0.39 is 0 Å². The quantitative estimate of drug-likeness (QED) is 0.752. The molecule has 0 heterocycles. The summed E-state index contributed by atoms with van der Waals surface area (Å²) in [4.78, 5) is 0. The summed E-state index contributed by atoms with van der Waals surface area (Å²) < 4.78 is 5.35. The molecule has 0 spiro atoms. The molecule has 0 saturated carbocycles. The predicted molar refractivity (Wildman–Crippen MR) is 70.3 cm³/mol. The average molecular weight is 220 g/mol. The van der Waals surface area contributed by atoms with Gasteiger partial charge in [0.05, 0.1) is 6.61 Å². The zero-order valence-electron chi connectivity index (χ0n) is 11.7. The van der Waals surface area contributed by atoms with Crippen molar-refractivity contribution in [2.45, 2.75) is 47.0 Å². The van der Waals surface area contributed by atoms with Gasteiger partial charge in [-0.25, -0.2) is 0 Å². The second kappa shape index (κ2) is 4.58. The van der Waals surface area contributed by atoms with E-state index in [0.717, 1.165) is 6.61 Å². The number of aryl methyl sites for hydroxylation is 2. The first-order valence-corrected chi connectivity index (χ1v) is 5.88. The van der Waals surface area contributed by atoms with Crippen LogP contribution in [0.2, 0.25) is 0 Å². The number of benzene rings is 1. The van der Waals surface area contributed by atoms with Crippen molar-refractivity contribution in [3.8, 4) is 0 Å². The maximum absolute atomic E-state index is 5.35. The molecule has 0 bridgehead atoms. The standard InChI is InChI=1S/C15H24O/c1-10-8-11(2)13(4)14(12(10)3)15(5,6)9-16-7/h8H,9H2,1-7H3. The van der Waals surface area contributed by atoms with Crippen LogP contribution in [0.3, 0.4) is 0 Å². The van der Waals surface area contributed by atoms with Crippen molar-refractivity contribution < 1.29 is 4.74 Å². The Morgan fingerprint density at radius 1 is 1.00 bits per heavy atom. The van der Waals surface area contributed by atoms with Gasteiger partial charge in [0.1, 0.15) is 0 Å². The Balaban J connectivity index is 3.42. The van der Waals surface area contributed by atoms with Gasteiger partial charge < -0.3 is 4.74 Å². The highest BCUT2D eigenvalue weighted by Gasteiger charge is 2.25. The lowest BCUT2D eigenvalue weighted by atomic mass is 9.77. The summed E-state index contributed by atoms with van der Waals surface area (Å²) >= 11 is 0. The lowest BCUT2D eigenvalue weighted by molar-refractivity contribution is 0.146. The number of hydrogen-bond donors (Lipinski definition) is 0. The van der Waals surface area contributed by atoms with Crippen LogP contribution in [0.1, 0.15) is 41.7 Å². The Hall–Kier alpha value is -0.820. The van der Waals surface area contributed by atoms with Gasteiger partial charge in [0, 0.05) is 12.5 Å². The largest absolute Gasteiger partial charge is 0.384 e. The van der Waals surface area contributed by atoms with Crippen molar-refractivity contribution in [3.05, 3.63) is 33.9 Å². The smallest absolute Gasteiger partial charge is 0.0554 e. The van der Waals surface area contributed by atoms with Gasteiger partial charge in [0.25, 0.3) is 0 Å². The molecule has 0 fully saturated rings. The molecule has 0 atom stereocenters. The lowest BCUT2D eigenvalue weighted by Crippen LogP contribution is -2.26. The van der Waals surface area contributed by atoms with E-state index >= 15 is 0 Å². The normalized spacial score (nSPS) is 11.9. The fourth-order valence-corrected chi connectivity index (χ4v) is 2.67.